The van der Waals surface area contributed by atoms with E-state index in [9.17, 15) is 9.59 Å². The van der Waals surface area contributed by atoms with Crippen molar-refractivity contribution in [3.63, 3.8) is 0 Å². The molecule has 0 spiro atoms. The molecule has 12 heteroatoms. The number of rotatable bonds is 8. The number of carbonyl (C=O) groups excluding carboxylic acids is 1. The topological polar surface area (TPSA) is 88.4 Å². The third-order valence-corrected chi connectivity index (χ3v) is 8.82. The van der Waals surface area contributed by atoms with Crippen molar-refractivity contribution in [2.45, 2.75) is 19.6 Å². The summed E-state index contributed by atoms with van der Waals surface area (Å²) >= 11 is 17.1. The minimum Gasteiger partial charge on any atom is -0.496 e. The fraction of sp³-hybridized carbons (Fsp3) is 0.194. The first kappa shape index (κ1) is 30.9. The summed E-state index contributed by atoms with van der Waals surface area (Å²) in [5.41, 5.74) is 2.46. The number of aromatic nitrogens is 1. The molecule has 1 aliphatic heterocycles. The van der Waals surface area contributed by atoms with E-state index in [1.54, 1.807) is 56.5 Å². The molecule has 0 radical (unpaired) electrons. The van der Waals surface area contributed by atoms with Gasteiger partial charge in [-0.2, -0.15) is 0 Å². The number of ether oxygens (including phenoxy) is 4. The largest absolute Gasteiger partial charge is 0.496 e. The second kappa shape index (κ2) is 13.0. The molecule has 0 saturated carbocycles. The van der Waals surface area contributed by atoms with Gasteiger partial charge in [0.1, 0.15) is 18.4 Å². The van der Waals surface area contributed by atoms with Crippen LogP contribution in [0.4, 0.5) is 0 Å². The number of fused-ring (bicyclic) bond motifs is 1. The summed E-state index contributed by atoms with van der Waals surface area (Å²) in [6.45, 7) is 2.01. The van der Waals surface area contributed by atoms with Crippen LogP contribution in [0.25, 0.3) is 6.08 Å². The van der Waals surface area contributed by atoms with Crippen LogP contribution in [-0.4, -0.2) is 31.9 Å². The Kier molecular flexibility index (Phi) is 9.31. The summed E-state index contributed by atoms with van der Waals surface area (Å²) in [5.74, 6) is 0.850. The van der Waals surface area contributed by atoms with Crippen molar-refractivity contribution < 1.29 is 23.7 Å². The van der Waals surface area contributed by atoms with Crippen LogP contribution in [0.5, 0.6) is 17.2 Å². The summed E-state index contributed by atoms with van der Waals surface area (Å²) in [6, 6.07) is 15.2. The van der Waals surface area contributed by atoms with Gasteiger partial charge >= 0.3 is 5.97 Å². The van der Waals surface area contributed by atoms with E-state index < -0.39 is 12.0 Å². The predicted molar refractivity (Wildman–Crippen MR) is 170 cm³/mol. The lowest BCUT2D eigenvalue weighted by atomic mass is 9.95. The third kappa shape index (κ3) is 6.24. The fourth-order valence-electron chi connectivity index (χ4n) is 4.76. The number of nitrogens with zero attached hydrogens (tertiary/aromatic N) is 2. The lowest BCUT2D eigenvalue weighted by molar-refractivity contribution is -0.136. The Bertz CT molecular complexity index is 1940. The van der Waals surface area contributed by atoms with Gasteiger partial charge < -0.3 is 18.9 Å². The monoisotopic (exact) mass is 702 g/mol. The first-order chi connectivity index (χ1) is 20.6. The summed E-state index contributed by atoms with van der Waals surface area (Å²) in [7, 11) is 4.34. The van der Waals surface area contributed by atoms with Crippen molar-refractivity contribution in [3.8, 4) is 17.2 Å². The van der Waals surface area contributed by atoms with E-state index in [2.05, 4.69) is 20.9 Å². The van der Waals surface area contributed by atoms with Crippen LogP contribution in [0.15, 0.2) is 80.1 Å². The Morgan fingerprint density at radius 1 is 1.02 bits per heavy atom. The fourth-order valence-corrected chi connectivity index (χ4v) is 6.68. The smallest absolute Gasteiger partial charge is 0.338 e. The second-order valence-corrected chi connectivity index (χ2v) is 12.1. The number of halogens is 3. The highest BCUT2D eigenvalue weighted by molar-refractivity contribution is 9.10. The molecule has 1 aromatic heterocycles. The normalized spacial score (nSPS) is 14.7. The Hall–Kier alpha value is -3.57. The van der Waals surface area contributed by atoms with E-state index in [0.717, 1.165) is 5.56 Å². The zero-order chi connectivity index (χ0) is 30.8. The SMILES string of the molecule is COC(=O)C1=C(C)N=c2s/c(=C\c3cc(Br)c(OCc4ccc(Cl)cc4)c(OC)c3)c(=O)n2[C@H]1c1cc(Cl)ccc1OC. The molecule has 43 heavy (non-hydrogen) atoms. The second-order valence-electron chi connectivity index (χ2n) is 9.41. The van der Waals surface area contributed by atoms with Crippen LogP contribution in [0, 0.1) is 0 Å². The molecule has 0 saturated heterocycles. The first-order valence-corrected chi connectivity index (χ1v) is 15.2. The van der Waals surface area contributed by atoms with E-state index in [1.165, 1.54) is 30.1 Å². The number of benzene rings is 3. The number of allylic oxidation sites excluding steroid dienone is 1. The highest BCUT2D eigenvalue weighted by atomic mass is 79.9. The van der Waals surface area contributed by atoms with Crippen LogP contribution < -0.4 is 29.1 Å². The van der Waals surface area contributed by atoms with Crippen LogP contribution in [0.1, 0.15) is 29.7 Å². The van der Waals surface area contributed by atoms with Gasteiger partial charge in [0.15, 0.2) is 16.3 Å². The molecule has 0 fully saturated rings. The third-order valence-electron chi connectivity index (χ3n) is 6.76. The average molecular weight is 704 g/mol. The molecule has 0 N–H and O–H groups in total. The number of hydrogen-bond acceptors (Lipinski definition) is 8. The molecule has 2 heterocycles. The number of carbonyl (C=O) groups is 1. The summed E-state index contributed by atoms with van der Waals surface area (Å²) < 4.78 is 24.9. The van der Waals surface area contributed by atoms with Crippen molar-refractivity contribution in [1.29, 1.82) is 0 Å². The molecule has 0 aliphatic carbocycles. The lowest BCUT2D eigenvalue weighted by Crippen LogP contribution is -2.40. The van der Waals surface area contributed by atoms with Gasteiger partial charge in [-0.3, -0.25) is 9.36 Å². The summed E-state index contributed by atoms with van der Waals surface area (Å²) in [4.78, 5) is 32.0. The molecule has 5 rings (SSSR count). The molecule has 3 aromatic carbocycles. The van der Waals surface area contributed by atoms with E-state index >= 15 is 0 Å². The Balaban J connectivity index is 1.61. The number of thiazole rings is 1. The highest BCUT2D eigenvalue weighted by Gasteiger charge is 2.35. The van der Waals surface area contributed by atoms with Crippen molar-refractivity contribution in [3.05, 3.63) is 117 Å². The molecular weight excluding hydrogens is 679 g/mol. The van der Waals surface area contributed by atoms with Gasteiger partial charge in [-0.05, 0) is 82.5 Å². The molecule has 222 valence electrons. The Morgan fingerprint density at radius 2 is 1.72 bits per heavy atom. The van der Waals surface area contributed by atoms with Crippen LogP contribution in [0.3, 0.4) is 0 Å². The summed E-state index contributed by atoms with van der Waals surface area (Å²) in [6.07, 6.45) is 1.74. The van der Waals surface area contributed by atoms with Gasteiger partial charge in [-0.1, -0.05) is 46.7 Å². The molecule has 8 nitrogen and oxygen atoms in total. The highest BCUT2D eigenvalue weighted by Crippen LogP contribution is 2.39. The van der Waals surface area contributed by atoms with Gasteiger partial charge in [0.2, 0.25) is 0 Å². The minimum absolute atomic E-state index is 0.216. The standard InChI is InChI=1S/C31H25BrCl2N2O6S/c1-16-26(30(38)41-4)27(21-14-20(34)9-10-23(21)39-2)36-29(37)25(43-31(36)35-16)13-18-11-22(32)28(24(12-18)40-3)42-15-17-5-7-19(33)8-6-17/h5-14,27H,15H2,1-4H3/b25-13-/t27-/m0/s1. The number of esters is 1. The van der Waals surface area contributed by atoms with Gasteiger partial charge in [-0.25, -0.2) is 9.79 Å². The van der Waals surface area contributed by atoms with Crippen molar-refractivity contribution in [2.24, 2.45) is 4.99 Å². The maximum Gasteiger partial charge on any atom is 0.338 e. The predicted octanol–water partition coefficient (Wildman–Crippen LogP) is 6.07. The van der Waals surface area contributed by atoms with E-state index in [-0.39, 0.29) is 11.1 Å². The van der Waals surface area contributed by atoms with Crippen molar-refractivity contribution in [2.75, 3.05) is 21.3 Å². The molecule has 0 unspecified atom stereocenters. The number of methoxy groups -OCH3 is 3. The van der Waals surface area contributed by atoms with Gasteiger partial charge in [0, 0.05) is 15.6 Å². The van der Waals surface area contributed by atoms with Gasteiger partial charge in [0.25, 0.3) is 5.56 Å². The molecule has 4 aromatic rings. The molecule has 1 atom stereocenters. The van der Waals surface area contributed by atoms with Gasteiger partial charge in [0.05, 0.1) is 41.6 Å². The minimum atomic E-state index is -0.871. The number of hydrogen-bond donors (Lipinski definition) is 0. The maximum atomic E-state index is 14.0. The lowest BCUT2D eigenvalue weighted by Gasteiger charge is -2.25. The van der Waals surface area contributed by atoms with Crippen molar-refractivity contribution >= 4 is 62.5 Å². The van der Waals surface area contributed by atoms with E-state index in [4.69, 9.17) is 42.1 Å². The van der Waals surface area contributed by atoms with Crippen LogP contribution in [-0.2, 0) is 16.1 Å². The first-order valence-electron chi connectivity index (χ1n) is 12.8. The summed E-state index contributed by atoms with van der Waals surface area (Å²) in [5, 5.41) is 1.07. The molecule has 0 bridgehead atoms. The Labute approximate surface area is 269 Å². The zero-order valence-corrected chi connectivity index (χ0v) is 27.4. The van der Waals surface area contributed by atoms with Crippen molar-refractivity contribution in [1.82, 2.24) is 4.57 Å². The molecule has 0 amide bonds. The quantitative estimate of drug-likeness (QED) is 0.207. The molecular formula is C31H25BrCl2N2O6S. The van der Waals surface area contributed by atoms with Crippen LogP contribution >= 0.6 is 50.5 Å². The average Bonchev–Trinajstić information content (AvgIpc) is 3.29. The van der Waals surface area contributed by atoms with E-state index in [1.807, 2.05) is 18.2 Å². The maximum absolute atomic E-state index is 14.0. The molecule has 1 aliphatic rings. The van der Waals surface area contributed by atoms with E-state index in [0.29, 0.717) is 64.5 Å². The van der Waals surface area contributed by atoms with Crippen LogP contribution in [0.2, 0.25) is 10.0 Å². The Morgan fingerprint density at radius 3 is 2.40 bits per heavy atom. The van der Waals surface area contributed by atoms with Gasteiger partial charge in [-0.15, -0.1) is 0 Å². The zero-order valence-electron chi connectivity index (χ0n) is 23.4.